The Morgan fingerprint density at radius 3 is 1.86 bits per heavy atom. The van der Waals surface area contributed by atoms with E-state index in [9.17, 15) is 0 Å². The number of benzene rings is 2. The second-order valence-corrected chi connectivity index (χ2v) is 7.31. The molecule has 1 aliphatic carbocycles. The number of hydrogen-bond acceptors (Lipinski definition) is 0. The minimum atomic E-state index is 0.232. The molecule has 1 fully saturated rings. The van der Waals surface area contributed by atoms with Crippen molar-refractivity contribution in [3.05, 3.63) is 82.6 Å². The predicted octanol–water partition coefficient (Wildman–Crippen LogP) is 6.02. The Bertz CT molecular complexity index is 751. The van der Waals surface area contributed by atoms with Crippen LogP contribution in [-0.4, -0.2) is 0 Å². The average Bonchev–Trinajstić information content (AvgIpc) is 2.88. The van der Waals surface area contributed by atoms with Crippen molar-refractivity contribution < 1.29 is 0 Å². The third kappa shape index (κ3) is 2.25. The molecule has 0 unspecified atom stereocenters. The molecule has 112 valence electrons. The van der Waals surface area contributed by atoms with Gasteiger partial charge in [-0.3, -0.25) is 0 Å². The first kappa shape index (κ1) is 14.9. The Labute approximate surface area is 134 Å². The summed E-state index contributed by atoms with van der Waals surface area (Å²) in [6, 6.07) is 19.2. The highest BCUT2D eigenvalue weighted by Crippen LogP contribution is 2.67. The van der Waals surface area contributed by atoms with Gasteiger partial charge >= 0.3 is 0 Å². The van der Waals surface area contributed by atoms with Crippen molar-refractivity contribution in [1.29, 1.82) is 0 Å². The predicted molar refractivity (Wildman–Crippen MR) is 94.7 cm³/mol. The standard InChI is InChI=1S/C22H24/c1-16-11-9-10-14-18(16)19(17-12-7-6-8-13-17)15-20-21(2,3)22(20,4)5/h6-14H,1-5H3. The van der Waals surface area contributed by atoms with Crippen molar-refractivity contribution in [3.63, 3.8) is 0 Å². The molecule has 0 nitrogen and oxygen atoms in total. The first-order valence-electron chi connectivity index (χ1n) is 7.99. The van der Waals surface area contributed by atoms with E-state index in [1.165, 1.54) is 27.8 Å². The molecule has 0 radical (unpaired) electrons. The molecule has 2 aromatic carbocycles. The lowest BCUT2D eigenvalue weighted by Gasteiger charge is -2.09. The topological polar surface area (TPSA) is 0 Å². The van der Waals surface area contributed by atoms with E-state index in [2.05, 4.69) is 94.9 Å². The van der Waals surface area contributed by atoms with E-state index < -0.39 is 0 Å². The van der Waals surface area contributed by atoms with Crippen molar-refractivity contribution in [1.82, 2.24) is 0 Å². The van der Waals surface area contributed by atoms with Gasteiger partial charge in [0, 0.05) is 16.4 Å². The van der Waals surface area contributed by atoms with Crippen molar-refractivity contribution in [2.75, 3.05) is 0 Å². The molecule has 0 heteroatoms. The van der Waals surface area contributed by atoms with Crippen LogP contribution in [-0.2, 0) is 0 Å². The zero-order chi connectivity index (χ0) is 16.0. The van der Waals surface area contributed by atoms with Crippen LogP contribution >= 0.6 is 0 Å². The molecular formula is C22H24. The van der Waals surface area contributed by atoms with E-state index in [-0.39, 0.29) is 10.8 Å². The summed E-state index contributed by atoms with van der Waals surface area (Å²) in [6.45, 7) is 11.4. The zero-order valence-corrected chi connectivity index (χ0v) is 14.2. The average molecular weight is 288 g/mol. The van der Waals surface area contributed by atoms with Gasteiger partial charge in [-0.05, 0) is 29.2 Å². The van der Waals surface area contributed by atoms with Crippen LogP contribution in [0.2, 0.25) is 0 Å². The molecule has 0 heterocycles. The van der Waals surface area contributed by atoms with Crippen molar-refractivity contribution in [2.45, 2.75) is 34.6 Å². The molecule has 0 atom stereocenters. The molecule has 0 spiro atoms. The molecule has 0 aliphatic heterocycles. The van der Waals surface area contributed by atoms with Gasteiger partial charge < -0.3 is 0 Å². The molecule has 1 aliphatic rings. The Balaban J connectivity index is 2.28. The highest BCUT2D eigenvalue weighted by molar-refractivity contribution is 5.81. The second-order valence-electron chi connectivity index (χ2n) is 7.31. The van der Waals surface area contributed by atoms with Gasteiger partial charge in [0.25, 0.3) is 0 Å². The molecule has 3 rings (SSSR count). The summed E-state index contributed by atoms with van der Waals surface area (Å²) in [6.07, 6.45) is 0. The maximum absolute atomic E-state index is 3.78. The highest BCUT2D eigenvalue weighted by Gasteiger charge is 2.60. The minimum Gasteiger partial charge on any atom is -0.111 e. The molecular weight excluding hydrogens is 264 g/mol. The Kier molecular flexibility index (Phi) is 3.38. The summed E-state index contributed by atoms with van der Waals surface area (Å²) >= 11 is 0. The molecule has 2 aromatic rings. The largest absolute Gasteiger partial charge is 0.111 e. The van der Waals surface area contributed by atoms with Crippen LogP contribution in [0.5, 0.6) is 0 Å². The van der Waals surface area contributed by atoms with Crippen molar-refractivity contribution >= 4 is 5.57 Å². The van der Waals surface area contributed by atoms with Crippen LogP contribution < -0.4 is 0 Å². The van der Waals surface area contributed by atoms with Gasteiger partial charge in [-0.2, -0.15) is 0 Å². The molecule has 0 aromatic heterocycles. The van der Waals surface area contributed by atoms with E-state index >= 15 is 0 Å². The first-order valence-corrected chi connectivity index (χ1v) is 7.99. The first-order chi connectivity index (χ1) is 10.4. The lowest BCUT2D eigenvalue weighted by molar-refractivity contribution is 0.457. The van der Waals surface area contributed by atoms with Crippen molar-refractivity contribution in [2.24, 2.45) is 10.8 Å². The lowest BCUT2D eigenvalue weighted by atomic mass is 9.95. The van der Waals surface area contributed by atoms with Crippen LogP contribution in [0.25, 0.3) is 5.57 Å². The summed E-state index contributed by atoms with van der Waals surface area (Å²) in [5.74, 6) is 0. The monoisotopic (exact) mass is 288 g/mol. The Morgan fingerprint density at radius 2 is 1.32 bits per heavy atom. The minimum absolute atomic E-state index is 0.232. The third-order valence-corrected chi connectivity index (χ3v) is 5.48. The molecule has 0 saturated heterocycles. The summed E-state index contributed by atoms with van der Waals surface area (Å²) in [7, 11) is 0. The zero-order valence-electron chi connectivity index (χ0n) is 14.2. The smallest absolute Gasteiger partial charge is 0.0312 e. The highest BCUT2D eigenvalue weighted by atomic mass is 14.6. The molecule has 22 heavy (non-hydrogen) atoms. The molecule has 1 saturated carbocycles. The van der Waals surface area contributed by atoms with E-state index in [4.69, 9.17) is 0 Å². The summed E-state index contributed by atoms with van der Waals surface area (Å²) in [4.78, 5) is 0. The summed E-state index contributed by atoms with van der Waals surface area (Å²) in [5.41, 5.74) is 10.7. The molecule has 0 amide bonds. The van der Waals surface area contributed by atoms with Crippen LogP contribution in [0.15, 0.2) is 65.9 Å². The lowest BCUT2D eigenvalue weighted by Crippen LogP contribution is -1.95. The fourth-order valence-corrected chi connectivity index (χ4v) is 3.22. The maximum Gasteiger partial charge on any atom is 0.0312 e. The fraction of sp³-hybridized carbons (Fsp3) is 0.318. The van der Waals surface area contributed by atoms with Gasteiger partial charge in [-0.25, -0.2) is 0 Å². The summed E-state index contributed by atoms with van der Waals surface area (Å²) < 4.78 is 0. The Hall–Kier alpha value is -2.04. The number of hydrogen-bond donors (Lipinski definition) is 0. The molecule has 0 N–H and O–H groups in total. The molecule has 0 bridgehead atoms. The van der Waals surface area contributed by atoms with Crippen LogP contribution in [0.4, 0.5) is 0 Å². The fourth-order valence-electron chi connectivity index (χ4n) is 3.22. The normalized spacial score (nSPS) is 17.8. The van der Waals surface area contributed by atoms with E-state index in [1.54, 1.807) is 0 Å². The van der Waals surface area contributed by atoms with E-state index in [0.29, 0.717) is 0 Å². The van der Waals surface area contributed by atoms with Crippen molar-refractivity contribution in [3.8, 4) is 0 Å². The summed E-state index contributed by atoms with van der Waals surface area (Å²) in [5, 5.41) is 0. The van der Waals surface area contributed by atoms with E-state index in [1.807, 2.05) is 0 Å². The number of allylic oxidation sites excluding steroid dienone is 1. The van der Waals surface area contributed by atoms with Gasteiger partial charge in [-0.15, -0.1) is 5.73 Å². The van der Waals surface area contributed by atoms with Crippen LogP contribution in [0.1, 0.15) is 44.4 Å². The van der Waals surface area contributed by atoms with Gasteiger partial charge in [0.2, 0.25) is 0 Å². The number of rotatable bonds is 2. The third-order valence-electron chi connectivity index (χ3n) is 5.48. The number of aryl methyl sites for hydroxylation is 1. The van der Waals surface area contributed by atoms with Gasteiger partial charge in [0.1, 0.15) is 0 Å². The van der Waals surface area contributed by atoms with Gasteiger partial charge in [0.05, 0.1) is 0 Å². The van der Waals surface area contributed by atoms with Crippen LogP contribution in [0, 0.1) is 17.8 Å². The van der Waals surface area contributed by atoms with E-state index in [0.717, 1.165) is 0 Å². The quantitative estimate of drug-likeness (QED) is 0.593. The van der Waals surface area contributed by atoms with Gasteiger partial charge in [-0.1, -0.05) is 82.3 Å². The Morgan fingerprint density at radius 1 is 0.773 bits per heavy atom. The van der Waals surface area contributed by atoms with Crippen LogP contribution in [0.3, 0.4) is 0 Å². The SMILES string of the molecule is Cc1ccccc1C(=C=C1C(C)(C)C1(C)C)c1ccccc1. The second kappa shape index (κ2) is 5.00. The van der Waals surface area contributed by atoms with Gasteiger partial charge in [0.15, 0.2) is 0 Å². The maximum atomic E-state index is 3.78.